The monoisotopic (exact) mass is 378 g/mol. The second-order valence-electron chi connectivity index (χ2n) is 8.59. The van der Waals surface area contributed by atoms with E-state index in [2.05, 4.69) is 32.9 Å². The maximum atomic E-state index is 13.1. The van der Waals surface area contributed by atoms with Gasteiger partial charge in [0.1, 0.15) is 16.4 Å². The lowest BCUT2D eigenvalue weighted by atomic mass is 9.86. The van der Waals surface area contributed by atoms with Gasteiger partial charge in [-0.05, 0) is 43.9 Å². The lowest BCUT2D eigenvalue weighted by molar-refractivity contribution is 0.0758. The second-order valence-corrected chi connectivity index (χ2v) is 8.98. The Morgan fingerprint density at radius 1 is 1.00 bits per heavy atom. The Bertz CT molecular complexity index is 916. The Balaban J connectivity index is 1.93. The van der Waals surface area contributed by atoms with Crippen molar-refractivity contribution in [2.24, 2.45) is 4.99 Å². The maximum Gasteiger partial charge on any atom is 0.260 e. The van der Waals surface area contributed by atoms with E-state index in [0.717, 1.165) is 11.1 Å². The second kappa shape index (κ2) is 6.68. The van der Waals surface area contributed by atoms with Gasteiger partial charge in [0.15, 0.2) is 0 Å². The molecule has 1 amide bonds. The molecule has 0 fully saturated rings. The molecule has 2 aromatic carbocycles. The largest absolute Gasteiger partial charge is 0.272 e. The van der Waals surface area contributed by atoms with Gasteiger partial charge >= 0.3 is 0 Å². The van der Waals surface area contributed by atoms with Crippen LogP contribution in [-0.2, 0) is 5.41 Å². The number of benzene rings is 2. The van der Waals surface area contributed by atoms with E-state index in [1.165, 1.54) is 5.56 Å². The third kappa shape index (κ3) is 3.72. The number of hydrogen-bond acceptors (Lipinski definition) is 3. The normalized spacial score (nSPS) is 16.4. The molecule has 0 N–H and O–H groups in total. The number of rotatable bonds is 2. The molecule has 0 aromatic heterocycles. The topological polar surface area (TPSA) is 32.7 Å². The molecule has 4 heteroatoms. The summed E-state index contributed by atoms with van der Waals surface area (Å²) in [6, 6.07) is 15.9. The molecule has 27 heavy (non-hydrogen) atoms. The van der Waals surface area contributed by atoms with Gasteiger partial charge in [-0.3, -0.25) is 14.7 Å². The van der Waals surface area contributed by atoms with Crippen LogP contribution in [0.3, 0.4) is 0 Å². The number of aliphatic imine (C=N–C) groups is 1. The van der Waals surface area contributed by atoms with E-state index >= 15 is 0 Å². The first-order chi connectivity index (χ1) is 12.5. The molecule has 1 heterocycles. The molecule has 0 spiro atoms. The van der Waals surface area contributed by atoms with Crippen molar-refractivity contribution in [2.45, 2.75) is 52.6 Å². The van der Waals surface area contributed by atoms with Gasteiger partial charge in [-0.25, -0.2) is 0 Å². The highest BCUT2D eigenvalue weighted by molar-refractivity contribution is 7.82. The summed E-state index contributed by atoms with van der Waals surface area (Å²) in [5.74, 6) is -0.116. The molecule has 0 saturated carbocycles. The molecular weight excluding hydrogens is 352 g/mol. The van der Waals surface area contributed by atoms with E-state index in [1.54, 1.807) is 4.90 Å². The van der Waals surface area contributed by atoms with Crippen LogP contribution in [0.25, 0.3) is 0 Å². The van der Waals surface area contributed by atoms with Crippen LogP contribution in [-0.4, -0.2) is 27.2 Å². The summed E-state index contributed by atoms with van der Waals surface area (Å²) in [4.78, 5) is 20.0. The lowest BCUT2D eigenvalue weighted by Crippen LogP contribution is -2.46. The molecule has 140 valence electrons. The highest BCUT2D eigenvalue weighted by Crippen LogP contribution is 2.30. The minimum absolute atomic E-state index is 0.0865. The van der Waals surface area contributed by atoms with E-state index in [1.807, 2.05) is 57.2 Å². The first kappa shape index (κ1) is 19.4. The molecule has 0 unspecified atom stereocenters. The summed E-state index contributed by atoms with van der Waals surface area (Å²) >= 11 is 5.68. The molecule has 1 aliphatic rings. The third-order valence-corrected chi connectivity index (χ3v) is 5.24. The minimum Gasteiger partial charge on any atom is -0.272 e. The van der Waals surface area contributed by atoms with Gasteiger partial charge < -0.3 is 0 Å². The minimum atomic E-state index is -0.711. The molecule has 1 aliphatic heterocycles. The van der Waals surface area contributed by atoms with Crippen molar-refractivity contribution >= 4 is 28.8 Å². The number of amides is 1. The van der Waals surface area contributed by atoms with Crippen LogP contribution >= 0.6 is 12.2 Å². The van der Waals surface area contributed by atoms with Crippen LogP contribution < -0.4 is 0 Å². The standard InChI is InChI=1S/C23H26N2OS/c1-15-7-9-17(10-8-15)20(26)25-21(27)19(24-23(25,5)6)16-11-13-18(14-12-16)22(2,3)4/h7-14H,1-6H3. The smallest absolute Gasteiger partial charge is 0.260 e. The number of aryl methyl sites for hydroxylation is 1. The molecule has 3 rings (SSSR count). The summed E-state index contributed by atoms with van der Waals surface area (Å²) in [5, 5.41) is 0. The number of carbonyl (C=O) groups is 1. The van der Waals surface area contributed by atoms with E-state index in [-0.39, 0.29) is 11.3 Å². The van der Waals surface area contributed by atoms with E-state index in [0.29, 0.717) is 16.3 Å². The third-order valence-electron chi connectivity index (χ3n) is 4.86. The summed E-state index contributed by atoms with van der Waals surface area (Å²) in [5.41, 5.74) is 4.01. The molecular formula is C23H26N2OS. The van der Waals surface area contributed by atoms with Crippen LogP contribution in [0.1, 0.15) is 61.7 Å². The Kier molecular flexibility index (Phi) is 4.81. The van der Waals surface area contributed by atoms with Crippen molar-refractivity contribution in [3.63, 3.8) is 0 Å². The van der Waals surface area contributed by atoms with Crippen LogP contribution in [0.15, 0.2) is 53.5 Å². The molecule has 0 atom stereocenters. The Morgan fingerprint density at radius 2 is 1.56 bits per heavy atom. The summed E-state index contributed by atoms with van der Waals surface area (Å²) in [6.07, 6.45) is 0. The molecule has 0 aliphatic carbocycles. The summed E-state index contributed by atoms with van der Waals surface area (Å²) in [6.45, 7) is 12.4. The average molecular weight is 379 g/mol. The average Bonchev–Trinajstić information content (AvgIpc) is 2.83. The fourth-order valence-electron chi connectivity index (χ4n) is 3.21. The first-order valence-electron chi connectivity index (χ1n) is 9.17. The number of carbonyl (C=O) groups excluding carboxylic acids is 1. The summed E-state index contributed by atoms with van der Waals surface area (Å²) < 4.78 is 0. The predicted molar refractivity (Wildman–Crippen MR) is 116 cm³/mol. The van der Waals surface area contributed by atoms with Gasteiger partial charge in [0.25, 0.3) is 5.91 Å². The molecule has 0 saturated heterocycles. The van der Waals surface area contributed by atoms with Gasteiger partial charge in [-0.15, -0.1) is 0 Å². The van der Waals surface area contributed by atoms with Crippen molar-refractivity contribution in [3.05, 3.63) is 70.8 Å². The van der Waals surface area contributed by atoms with Crippen molar-refractivity contribution in [3.8, 4) is 0 Å². The number of nitrogens with zero attached hydrogens (tertiary/aromatic N) is 2. The van der Waals surface area contributed by atoms with E-state index in [4.69, 9.17) is 17.2 Å². The van der Waals surface area contributed by atoms with Crippen molar-refractivity contribution in [2.75, 3.05) is 0 Å². The van der Waals surface area contributed by atoms with E-state index in [9.17, 15) is 4.79 Å². The lowest BCUT2D eigenvalue weighted by Gasteiger charge is -2.29. The fourth-order valence-corrected chi connectivity index (χ4v) is 3.68. The molecule has 2 aromatic rings. The Morgan fingerprint density at radius 3 is 2.07 bits per heavy atom. The Hall–Kier alpha value is -2.33. The van der Waals surface area contributed by atoms with Gasteiger partial charge in [0, 0.05) is 11.1 Å². The molecule has 0 bridgehead atoms. The maximum absolute atomic E-state index is 13.1. The van der Waals surface area contributed by atoms with Gasteiger partial charge in [0.05, 0.1) is 0 Å². The van der Waals surface area contributed by atoms with Gasteiger partial charge in [-0.2, -0.15) is 0 Å². The van der Waals surface area contributed by atoms with Gasteiger partial charge in [-0.1, -0.05) is 75.0 Å². The SMILES string of the molecule is Cc1ccc(C(=O)N2C(=S)C(c3ccc(C(C)(C)C)cc3)=NC2(C)C)cc1. The van der Waals surface area contributed by atoms with Crippen LogP contribution in [0.4, 0.5) is 0 Å². The van der Waals surface area contributed by atoms with Crippen LogP contribution in [0.5, 0.6) is 0 Å². The summed E-state index contributed by atoms with van der Waals surface area (Å²) in [7, 11) is 0. The van der Waals surface area contributed by atoms with Crippen molar-refractivity contribution < 1.29 is 4.79 Å². The molecule has 3 nitrogen and oxygen atoms in total. The molecule has 0 radical (unpaired) electrons. The highest BCUT2D eigenvalue weighted by atomic mass is 32.1. The van der Waals surface area contributed by atoms with Crippen molar-refractivity contribution in [1.82, 2.24) is 4.90 Å². The zero-order valence-corrected chi connectivity index (χ0v) is 17.6. The number of hydrogen-bond donors (Lipinski definition) is 0. The van der Waals surface area contributed by atoms with Crippen LogP contribution in [0.2, 0.25) is 0 Å². The van der Waals surface area contributed by atoms with E-state index < -0.39 is 5.66 Å². The van der Waals surface area contributed by atoms with Crippen molar-refractivity contribution in [1.29, 1.82) is 0 Å². The quantitative estimate of drug-likeness (QED) is 0.664. The van der Waals surface area contributed by atoms with Crippen LogP contribution in [0, 0.1) is 6.92 Å². The number of thiocarbonyl (C=S) groups is 1. The fraction of sp³-hybridized carbons (Fsp3) is 0.348. The Labute approximate surface area is 167 Å². The zero-order valence-electron chi connectivity index (χ0n) is 16.8. The predicted octanol–water partition coefficient (Wildman–Crippen LogP) is 5.30. The first-order valence-corrected chi connectivity index (χ1v) is 9.58. The zero-order chi connectivity index (χ0) is 20.0. The highest BCUT2D eigenvalue weighted by Gasteiger charge is 2.42. The van der Waals surface area contributed by atoms with Gasteiger partial charge in [0.2, 0.25) is 0 Å².